The number of nitrogens with one attached hydrogen (secondary N) is 2. The maximum absolute atomic E-state index is 12.8. The summed E-state index contributed by atoms with van der Waals surface area (Å²) in [6.07, 6.45) is 7.38. The second kappa shape index (κ2) is 12.5. The third-order valence-corrected chi connectivity index (χ3v) is 4.11. The van der Waals surface area contributed by atoms with E-state index < -0.39 is 0 Å². The predicted octanol–water partition coefficient (Wildman–Crippen LogP) is 3.50. The summed E-state index contributed by atoms with van der Waals surface area (Å²) >= 11 is 0. The van der Waals surface area contributed by atoms with E-state index in [1.165, 1.54) is 37.8 Å². The normalized spacial score (nSPS) is 15.2. The van der Waals surface area contributed by atoms with E-state index in [2.05, 4.69) is 15.6 Å². The molecule has 1 aromatic carbocycles. The van der Waals surface area contributed by atoms with Gasteiger partial charge in [-0.1, -0.05) is 25.0 Å². The number of nitrogens with zero attached hydrogens (tertiary/aromatic N) is 1. The molecule has 0 atom stereocenters. The number of hydrogen-bond donors (Lipinski definition) is 2. The molecule has 0 amide bonds. The zero-order valence-electron chi connectivity index (χ0n) is 14.4. The van der Waals surface area contributed by atoms with Crippen LogP contribution in [0.15, 0.2) is 29.3 Å². The minimum absolute atomic E-state index is 0. The molecule has 136 valence electrons. The van der Waals surface area contributed by atoms with Crippen LogP contribution in [0, 0.1) is 5.82 Å². The number of benzene rings is 1. The second-order valence-corrected chi connectivity index (χ2v) is 5.93. The number of guanidine groups is 1. The van der Waals surface area contributed by atoms with E-state index in [1.54, 1.807) is 7.05 Å². The average molecular weight is 449 g/mol. The number of rotatable bonds is 8. The highest BCUT2D eigenvalue weighted by Crippen LogP contribution is 2.20. The van der Waals surface area contributed by atoms with Gasteiger partial charge in [-0.05, 0) is 43.4 Å². The largest absolute Gasteiger partial charge is 0.378 e. The van der Waals surface area contributed by atoms with Crippen molar-refractivity contribution in [1.29, 1.82) is 0 Å². The minimum atomic E-state index is -0.195. The first-order valence-corrected chi connectivity index (χ1v) is 8.58. The summed E-state index contributed by atoms with van der Waals surface area (Å²) in [7, 11) is 1.77. The molecule has 0 unspecified atom stereocenters. The van der Waals surface area contributed by atoms with Crippen LogP contribution < -0.4 is 10.6 Å². The standard InChI is InChI=1S/C18H28FN3O.HI/c1-20-18(21-12-4-14-23-17-5-2-3-6-17)22-13-11-15-7-9-16(19)10-8-15;/h7-10,17H,2-6,11-14H2,1H3,(H2,20,21,22);1H. The van der Waals surface area contributed by atoms with Crippen LogP contribution in [-0.4, -0.2) is 38.8 Å². The molecular formula is C18H29FIN3O. The Hall–Kier alpha value is -0.890. The lowest BCUT2D eigenvalue weighted by atomic mass is 10.1. The van der Waals surface area contributed by atoms with Crippen molar-refractivity contribution < 1.29 is 9.13 Å². The summed E-state index contributed by atoms with van der Waals surface area (Å²) in [5, 5.41) is 6.56. The Bertz CT molecular complexity index is 476. The van der Waals surface area contributed by atoms with Crippen molar-refractivity contribution in [2.45, 2.75) is 44.6 Å². The van der Waals surface area contributed by atoms with Gasteiger partial charge >= 0.3 is 0 Å². The summed E-state index contributed by atoms with van der Waals surface area (Å²) in [5.41, 5.74) is 1.11. The number of aliphatic imine (C=N–C) groups is 1. The zero-order valence-corrected chi connectivity index (χ0v) is 16.7. The molecule has 0 aromatic heterocycles. The van der Waals surface area contributed by atoms with Gasteiger partial charge in [0.25, 0.3) is 0 Å². The van der Waals surface area contributed by atoms with Crippen molar-refractivity contribution in [3.8, 4) is 0 Å². The first kappa shape index (κ1) is 21.2. The number of ether oxygens (including phenoxy) is 1. The number of halogens is 2. The lowest BCUT2D eigenvalue weighted by molar-refractivity contribution is 0.0574. The van der Waals surface area contributed by atoms with E-state index in [1.807, 2.05) is 12.1 Å². The Balaban J connectivity index is 0.00000288. The molecule has 1 aromatic rings. The average Bonchev–Trinajstić information content (AvgIpc) is 3.08. The smallest absolute Gasteiger partial charge is 0.190 e. The van der Waals surface area contributed by atoms with Crippen molar-refractivity contribution in [2.75, 3.05) is 26.7 Å². The second-order valence-electron chi connectivity index (χ2n) is 5.93. The van der Waals surface area contributed by atoms with Crippen LogP contribution in [-0.2, 0) is 11.2 Å². The molecule has 1 aliphatic rings. The number of hydrogen-bond acceptors (Lipinski definition) is 2. The van der Waals surface area contributed by atoms with Gasteiger partial charge in [0.15, 0.2) is 5.96 Å². The zero-order chi connectivity index (χ0) is 16.3. The first-order chi connectivity index (χ1) is 11.3. The summed E-state index contributed by atoms with van der Waals surface area (Å²) in [6.45, 7) is 2.43. The van der Waals surface area contributed by atoms with E-state index in [0.717, 1.165) is 44.1 Å². The molecule has 0 radical (unpaired) electrons. The molecule has 0 aliphatic heterocycles. The highest BCUT2D eigenvalue weighted by atomic mass is 127. The molecule has 0 bridgehead atoms. The van der Waals surface area contributed by atoms with Crippen LogP contribution in [0.4, 0.5) is 4.39 Å². The topological polar surface area (TPSA) is 45.7 Å². The molecule has 1 saturated carbocycles. The van der Waals surface area contributed by atoms with Gasteiger partial charge in [-0.3, -0.25) is 4.99 Å². The summed E-state index contributed by atoms with van der Waals surface area (Å²) in [4.78, 5) is 4.20. The maximum Gasteiger partial charge on any atom is 0.190 e. The molecule has 6 heteroatoms. The van der Waals surface area contributed by atoms with E-state index in [-0.39, 0.29) is 29.8 Å². The van der Waals surface area contributed by atoms with Gasteiger partial charge in [-0.15, -0.1) is 24.0 Å². The SMILES string of the molecule is CN=C(NCCCOC1CCCC1)NCCc1ccc(F)cc1.I. The fourth-order valence-electron chi connectivity index (χ4n) is 2.78. The quantitative estimate of drug-likeness (QED) is 0.277. The van der Waals surface area contributed by atoms with Crippen LogP contribution in [0.5, 0.6) is 0 Å². The van der Waals surface area contributed by atoms with Crippen LogP contribution >= 0.6 is 24.0 Å². The molecule has 0 saturated heterocycles. The summed E-state index contributed by atoms with van der Waals surface area (Å²) in [5.74, 6) is 0.604. The molecule has 2 rings (SSSR count). The molecule has 4 nitrogen and oxygen atoms in total. The van der Waals surface area contributed by atoms with Crippen molar-refractivity contribution in [1.82, 2.24) is 10.6 Å². The molecular weight excluding hydrogens is 420 g/mol. The van der Waals surface area contributed by atoms with Crippen molar-refractivity contribution >= 4 is 29.9 Å². The molecule has 1 fully saturated rings. The van der Waals surface area contributed by atoms with Gasteiger partial charge in [0.2, 0.25) is 0 Å². The fraction of sp³-hybridized carbons (Fsp3) is 0.611. The van der Waals surface area contributed by atoms with Gasteiger partial charge in [-0.2, -0.15) is 0 Å². The first-order valence-electron chi connectivity index (χ1n) is 8.58. The summed E-state index contributed by atoms with van der Waals surface area (Å²) < 4.78 is 18.7. The highest BCUT2D eigenvalue weighted by Gasteiger charge is 2.14. The van der Waals surface area contributed by atoms with Crippen LogP contribution in [0.3, 0.4) is 0 Å². The maximum atomic E-state index is 12.8. The van der Waals surface area contributed by atoms with Crippen LogP contribution in [0.2, 0.25) is 0 Å². The Labute approximate surface area is 161 Å². The van der Waals surface area contributed by atoms with E-state index >= 15 is 0 Å². The minimum Gasteiger partial charge on any atom is -0.378 e. The van der Waals surface area contributed by atoms with Gasteiger partial charge in [0, 0.05) is 26.7 Å². The van der Waals surface area contributed by atoms with E-state index in [4.69, 9.17) is 4.74 Å². The third kappa shape index (κ3) is 8.28. The Morgan fingerprint density at radius 3 is 2.50 bits per heavy atom. The lowest BCUT2D eigenvalue weighted by Gasteiger charge is -2.13. The predicted molar refractivity (Wildman–Crippen MR) is 108 cm³/mol. The molecule has 0 heterocycles. The van der Waals surface area contributed by atoms with Crippen molar-refractivity contribution in [2.24, 2.45) is 4.99 Å². The van der Waals surface area contributed by atoms with E-state index in [0.29, 0.717) is 6.10 Å². The Morgan fingerprint density at radius 1 is 1.17 bits per heavy atom. The van der Waals surface area contributed by atoms with Gasteiger partial charge < -0.3 is 15.4 Å². The van der Waals surface area contributed by atoms with Crippen molar-refractivity contribution in [3.05, 3.63) is 35.6 Å². The van der Waals surface area contributed by atoms with Crippen LogP contribution in [0.1, 0.15) is 37.7 Å². The molecule has 1 aliphatic carbocycles. The monoisotopic (exact) mass is 449 g/mol. The van der Waals surface area contributed by atoms with Crippen LogP contribution in [0.25, 0.3) is 0 Å². The van der Waals surface area contributed by atoms with E-state index in [9.17, 15) is 4.39 Å². The highest BCUT2D eigenvalue weighted by molar-refractivity contribution is 14.0. The lowest BCUT2D eigenvalue weighted by Crippen LogP contribution is -2.39. The molecule has 0 spiro atoms. The van der Waals surface area contributed by atoms with Gasteiger partial charge in [0.1, 0.15) is 5.82 Å². The fourth-order valence-corrected chi connectivity index (χ4v) is 2.78. The third-order valence-electron chi connectivity index (χ3n) is 4.11. The Morgan fingerprint density at radius 2 is 1.83 bits per heavy atom. The summed E-state index contributed by atoms with van der Waals surface area (Å²) in [6, 6.07) is 6.61. The Kier molecular flexibility index (Phi) is 11.0. The van der Waals surface area contributed by atoms with Gasteiger partial charge in [0.05, 0.1) is 6.10 Å². The van der Waals surface area contributed by atoms with Gasteiger partial charge in [-0.25, -0.2) is 4.39 Å². The van der Waals surface area contributed by atoms with Crippen molar-refractivity contribution in [3.63, 3.8) is 0 Å². The molecule has 2 N–H and O–H groups in total. The molecule has 24 heavy (non-hydrogen) atoms.